The molecule has 0 aliphatic carbocycles. The lowest BCUT2D eigenvalue weighted by Gasteiger charge is -2.19. The first-order valence-electron chi connectivity index (χ1n) is 7.83. The minimum Gasteiger partial charge on any atom is -0.362 e. The van der Waals surface area contributed by atoms with E-state index in [9.17, 15) is 8.42 Å². The summed E-state index contributed by atoms with van der Waals surface area (Å²) in [5, 5.41) is 0. The highest BCUT2D eigenvalue weighted by Crippen LogP contribution is 2.15. The molecule has 120 valence electrons. The molecule has 0 N–H and O–H groups in total. The minimum absolute atomic E-state index is 0.646. The van der Waals surface area contributed by atoms with Gasteiger partial charge in [-0.2, -0.15) is 8.42 Å². The fourth-order valence-electron chi connectivity index (χ4n) is 2.77. The highest BCUT2D eigenvalue weighted by atomic mass is 32.2. The molecule has 0 aromatic carbocycles. The highest BCUT2D eigenvalue weighted by Gasteiger charge is 2.18. The normalized spacial score (nSPS) is 26.0. The fourth-order valence-corrected chi connectivity index (χ4v) is 3.81. The second-order valence-corrected chi connectivity index (χ2v) is 7.19. The first kappa shape index (κ1) is 16.3. The third kappa shape index (κ3) is 4.98. The Balaban J connectivity index is 2.20. The standard InChI is InChI=1S/C14H26N4O2S/c1-17-11-7-3-5-9-13(17)15-21(19,20)16-14-10-6-4-8-12-18(14)2/h3-12H2,1-2H3/b15-13+,16-14+. The number of rotatable bonds is 2. The van der Waals surface area contributed by atoms with Crippen molar-refractivity contribution in [3.8, 4) is 0 Å². The molecule has 0 amide bonds. The van der Waals surface area contributed by atoms with Crippen LogP contribution in [-0.4, -0.2) is 57.1 Å². The minimum atomic E-state index is -3.79. The lowest BCUT2D eigenvalue weighted by molar-refractivity contribution is 0.492. The average Bonchev–Trinajstić information content (AvgIpc) is 2.72. The molecule has 2 heterocycles. The summed E-state index contributed by atoms with van der Waals surface area (Å²) in [5.74, 6) is 1.29. The SMILES string of the molecule is CN1CCCCC/C1=N\S(=O)(=O)/N=C1\CCCCCN1C. The van der Waals surface area contributed by atoms with E-state index in [1.807, 2.05) is 23.9 Å². The van der Waals surface area contributed by atoms with E-state index in [1.165, 1.54) is 0 Å². The van der Waals surface area contributed by atoms with Gasteiger partial charge in [0, 0.05) is 40.0 Å². The first-order chi connectivity index (χ1) is 9.98. The Morgan fingerprint density at radius 1 is 0.762 bits per heavy atom. The Morgan fingerprint density at radius 2 is 1.19 bits per heavy atom. The summed E-state index contributed by atoms with van der Waals surface area (Å²) in [6.07, 6.45) is 7.86. The van der Waals surface area contributed by atoms with Gasteiger partial charge >= 0.3 is 10.2 Å². The third-order valence-corrected chi connectivity index (χ3v) is 4.99. The number of likely N-dealkylation sites (tertiary alicyclic amines) is 2. The van der Waals surface area contributed by atoms with Gasteiger partial charge in [-0.15, -0.1) is 8.80 Å². The van der Waals surface area contributed by atoms with Crippen LogP contribution in [0.1, 0.15) is 51.4 Å². The summed E-state index contributed by atoms with van der Waals surface area (Å²) in [4.78, 5) is 3.89. The Labute approximate surface area is 128 Å². The van der Waals surface area contributed by atoms with Crippen molar-refractivity contribution in [2.75, 3.05) is 27.2 Å². The predicted molar refractivity (Wildman–Crippen MR) is 86.0 cm³/mol. The maximum Gasteiger partial charge on any atom is 0.366 e. The summed E-state index contributed by atoms with van der Waals surface area (Å²) in [6, 6.07) is 0. The van der Waals surface area contributed by atoms with Gasteiger partial charge in [0.1, 0.15) is 11.7 Å². The van der Waals surface area contributed by atoms with Gasteiger partial charge in [-0.25, -0.2) is 0 Å². The van der Waals surface area contributed by atoms with Gasteiger partial charge in [-0.05, 0) is 25.7 Å². The Bertz CT molecular complexity index is 473. The maximum atomic E-state index is 12.3. The molecule has 2 aliphatic rings. The van der Waals surface area contributed by atoms with Gasteiger partial charge in [0.05, 0.1) is 0 Å². The van der Waals surface area contributed by atoms with Gasteiger partial charge in [0.25, 0.3) is 0 Å². The second kappa shape index (κ2) is 7.24. The number of hydrogen-bond acceptors (Lipinski definition) is 2. The first-order valence-corrected chi connectivity index (χ1v) is 9.22. The van der Waals surface area contributed by atoms with Crippen molar-refractivity contribution in [3.05, 3.63) is 0 Å². The van der Waals surface area contributed by atoms with E-state index in [0.717, 1.165) is 64.5 Å². The van der Waals surface area contributed by atoms with E-state index >= 15 is 0 Å². The Morgan fingerprint density at radius 3 is 1.62 bits per heavy atom. The van der Waals surface area contributed by atoms with Crippen LogP contribution >= 0.6 is 0 Å². The third-order valence-electron chi connectivity index (χ3n) is 4.11. The predicted octanol–water partition coefficient (Wildman–Crippen LogP) is 2.04. The van der Waals surface area contributed by atoms with Gasteiger partial charge in [-0.3, -0.25) is 0 Å². The molecule has 7 heteroatoms. The molecule has 0 bridgehead atoms. The smallest absolute Gasteiger partial charge is 0.362 e. The van der Waals surface area contributed by atoms with E-state index in [1.54, 1.807) is 0 Å². The van der Waals surface area contributed by atoms with Crippen LogP contribution in [0, 0.1) is 0 Å². The van der Waals surface area contributed by atoms with Gasteiger partial charge in [0.2, 0.25) is 0 Å². The van der Waals surface area contributed by atoms with Crippen LogP contribution < -0.4 is 0 Å². The van der Waals surface area contributed by atoms with Crippen LogP contribution in [0.5, 0.6) is 0 Å². The number of hydrogen-bond donors (Lipinski definition) is 0. The van der Waals surface area contributed by atoms with Gasteiger partial charge in [-0.1, -0.05) is 12.8 Å². The zero-order valence-corrected chi connectivity index (χ0v) is 13.9. The van der Waals surface area contributed by atoms with Crippen LogP contribution in [0.3, 0.4) is 0 Å². The lowest BCUT2D eigenvalue weighted by atomic mass is 10.2. The molecule has 0 unspecified atom stereocenters. The van der Waals surface area contributed by atoms with Crippen LogP contribution in [0.25, 0.3) is 0 Å². The van der Waals surface area contributed by atoms with E-state index in [-0.39, 0.29) is 0 Å². The van der Waals surface area contributed by atoms with Crippen molar-refractivity contribution in [2.24, 2.45) is 8.80 Å². The van der Waals surface area contributed by atoms with Crippen molar-refractivity contribution >= 4 is 21.9 Å². The Kier molecular flexibility index (Phi) is 5.61. The van der Waals surface area contributed by atoms with Crippen LogP contribution in [-0.2, 0) is 10.2 Å². The summed E-state index contributed by atoms with van der Waals surface area (Å²) < 4.78 is 32.4. The molecule has 0 saturated carbocycles. The van der Waals surface area contributed by atoms with E-state index < -0.39 is 10.2 Å². The molecule has 21 heavy (non-hydrogen) atoms. The lowest BCUT2D eigenvalue weighted by Crippen LogP contribution is -2.28. The summed E-state index contributed by atoms with van der Waals surface area (Å²) in [6.45, 7) is 1.73. The molecule has 0 radical (unpaired) electrons. The summed E-state index contributed by atoms with van der Waals surface area (Å²) in [7, 11) is 0.0282. The summed E-state index contributed by atoms with van der Waals surface area (Å²) in [5.41, 5.74) is 0. The van der Waals surface area contributed by atoms with E-state index in [2.05, 4.69) is 8.80 Å². The molecule has 0 spiro atoms. The number of nitrogens with zero attached hydrogens (tertiary/aromatic N) is 4. The molecule has 2 fully saturated rings. The molecule has 6 nitrogen and oxygen atoms in total. The molecule has 0 aromatic rings. The van der Waals surface area contributed by atoms with Gasteiger partial charge in [0.15, 0.2) is 0 Å². The molecular weight excluding hydrogens is 288 g/mol. The van der Waals surface area contributed by atoms with E-state index in [4.69, 9.17) is 0 Å². The van der Waals surface area contributed by atoms with Crippen molar-refractivity contribution in [3.63, 3.8) is 0 Å². The topological polar surface area (TPSA) is 65.3 Å². The largest absolute Gasteiger partial charge is 0.366 e. The highest BCUT2D eigenvalue weighted by molar-refractivity contribution is 7.89. The van der Waals surface area contributed by atoms with Crippen LogP contribution in [0.2, 0.25) is 0 Å². The molecule has 2 rings (SSSR count). The maximum absolute atomic E-state index is 12.3. The van der Waals surface area contributed by atoms with Crippen molar-refractivity contribution in [2.45, 2.75) is 51.4 Å². The zero-order valence-electron chi connectivity index (χ0n) is 13.1. The van der Waals surface area contributed by atoms with Gasteiger partial charge < -0.3 is 9.80 Å². The second-order valence-electron chi connectivity index (χ2n) is 5.93. The Hall–Kier alpha value is -1.11. The average molecular weight is 314 g/mol. The number of amidine groups is 2. The molecule has 0 aromatic heterocycles. The van der Waals surface area contributed by atoms with Crippen LogP contribution in [0.4, 0.5) is 0 Å². The van der Waals surface area contributed by atoms with E-state index in [0.29, 0.717) is 11.7 Å². The van der Waals surface area contributed by atoms with Crippen molar-refractivity contribution < 1.29 is 8.42 Å². The molecule has 0 atom stereocenters. The van der Waals surface area contributed by atoms with Crippen LogP contribution in [0.15, 0.2) is 8.80 Å². The fraction of sp³-hybridized carbons (Fsp3) is 0.857. The molecule has 2 saturated heterocycles. The van der Waals surface area contributed by atoms with Crippen molar-refractivity contribution in [1.82, 2.24) is 9.80 Å². The van der Waals surface area contributed by atoms with Crippen molar-refractivity contribution in [1.29, 1.82) is 0 Å². The molecular formula is C14H26N4O2S. The quantitative estimate of drug-likeness (QED) is 0.782. The zero-order chi connectivity index (χ0) is 15.3. The summed E-state index contributed by atoms with van der Waals surface area (Å²) >= 11 is 0. The monoisotopic (exact) mass is 314 g/mol. The molecule has 2 aliphatic heterocycles.